The number of amides is 1. The summed E-state index contributed by atoms with van der Waals surface area (Å²) < 4.78 is 1.73. The van der Waals surface area contributed by atoms with Gasteiger partial charge in [-0.2, -0.15) is 0 Å². The molecule has 1 aliphatic heterocycles. The molecular weight excluding hydrogens is 290 g/mol. The predicted molar refractivity (Wildman–Crippen MR) is 83.7 cm³/mol. The van der Waals surface area contributed by atoms with Crippen molar-refractivity contribution >= 4 is 17.5 Å². The van der Waals surface area contributed by atoms with E-state index in [1.807, 2.05) is 0 Å². The Morgan fingerprint density at radius 1 is 1.52 bits per heavy atom. The molecule has 5 nitrogen and oxygen atoms in total. The Hall–Kier alpha value is -1.04. The summed E-state index contributed by atoms with van der Waals surface area (Å²) in [7, 11) is 1.81. The predicted octanol–water partition coefficient (Wildman–Crippen LogP) is 1.65. The van der Waals surface area contributed by atoms with E-state index in [9.17, 15) is 9.90 Å². The standard InChI is InChI=1S/C15H24ClN3O2/c1-18-10-12(16)9-14(18)15(21)17-6-4-8-19-7-3-2-5-13(19)11-20/h9-10,13,20H,2-8,11H2,1H3,(H,17,21). The van der Waals surface area contributed by atoms with E-state index >= 15 is 0 Å². The lowest BCUT2D eigenvalue weighted by Crippen LogP contribution is -2.43. The Balaban J connectivity index is 1.72. The summed E-state index contributed by atoms with van der Waals surface area (Å²) in [4.78, 5) is 14.3. The zero-order chi connectivity index (χ0) is 15.2. The fourth-order valence-corrected chi connectivity index (χ4v) is 3.14. The largest absolute Gasteiger partial charge is 0.395 e. The van der Waals surface area contributed by atoms with Crippen LogP contribution in [-0.4, -0.2) is 52.8 Å². The van der Waals surface area contributed by atoms with E-state index in [-0.39, 0.29) is 12.5 Å². The molecule has 1 saturated heterocycles. The third-order valence-corrected chi connectivity index (χ3v) is 4.28. The number of likely N-dealkylation sites (tertiary alicyclic amines) is 1. The van der Waals surface area contributed by atoms with Crippen LogP contribution in [-0.2, 0) is 7.05 Å². The van der Waals surface area contributed by atoms with Crippen molar-refractivity contribution in [3.05, 3.63) is 23.0 Å². The number of carbonyl (C=O) groups is 1. The van der Waals surface area contributed by atoms with Crippen LogP contribution in [0.2, 0.25) is 5.02 Å². The average molecular weight is 314 g/mol. The molecule has 1 aliphatic rings. The summed E-state index contributed by atoms with van der Waals surface area (Å²) in [6.45, 7) is 2.83. The van der Waals surface area contributed by atoms with Crippen LogP contribution in [0.1, 0.15) is 36.2 Å². The van der Waals surface area contributed by atoms with Gasteiger partial charge in [0.25, 0.3) is 5.91 Å². The Labute approximate surface area is 130 Å². The van der Waals surface area contributed by atoms with Crippen molar-refractivity contribution < 1.29 is 9.90 Å². The second kappa shape index (κ2) is 7.82. The van der Waals surface area contributed by atoms with Gasteiger partial charge in [0, 0.05) is 32.4 Å². The van der Waals surface area contributed by atoms with Crippen molar-refractivity contribution in [1.29, 1.82) is 0 Å². The fourth-order valence-electron chi connectivity index (χ4n) is 2.89. The van der Waals surface area contributed by atoms with Gasteiger partial charge in [-0.1, -0.05) is 18.0 Å². The van der Waals surface area contributed by atoms with Gasteiger partial charge in [-0.3, -0.25) is 9.69 Å². The van der Waals surface area contributed by atoms with Gasteiger partial charge >= 0.3 is 0 Å². The Morgan fingerprint density at radius 2 is 2.33 bits per heavy atom. The van der Waals surface area contributed by atoms with Crippen LogP contribution >= 0.6 is 11.6 Å². The number of aliphatic hydroxyl groups excluding tert-OH is 1. The highest BCUT2D eigenvalue weighted by molar-refractivity contribution is 6.31. The third kappa shape index (κ3) is 4.46. The number of halogens is 1. The van der Waals surface area contributed by atoms with Gasteiger partial charge in [0.15, 0.2) is 0 Å². The van der Waals surface area contributed by atoms with Crippen LogP contribution in [0.25, 0.3) is 0 Å². The van der Waals surface area contributed by atoms with E-state index in [4.69, 9.17) is 11.6 Å². The lowest BCUT2D eigenvalue weighted by atomic mass is 10.0. The number of aromatic nitrogens is 1. The lowest BCUT2D eigenvalue weighted by molar-refractivity contribution is 0.0866. The van der Waals surface area contributed by atoms with Crippen molar-refractivity contribution in [2.75, 3.05) is 26.2 Å². The number of rotatable bonds is 6. The molecule has 0 spiro atoms. The summed E-state index contributed by atoms with van der Waals surface area (Å²) in [5.41, 5.74) is 0.575. The smallest absolute Gasteiger partial charge is 0.267 e. The minimum atomic E-state index is -0.0956. The fraction of sp³-hybridized carbons (Fsp3) is 0.667. The van der Waals surface area contributed by atoms with E-state index in [1.54, 1.807) is 23.9 Å². The summed E-state index contributed by atoms with van der Waals surface area (Å²) >= 11 is 5.87. The van der Waals surface area contributed by atoms with Gasteiger partial charge in [0.05, 0.1) is 11.6 Å². The van der Waals surface area contributed by atoms with Gasteiger partial charge in [0.1, 0.15) is 5.69 Å². The van der Waals surface area contributed by atoms with Crippen molar-refractivity contribution in [2.24, 2.45) is 7.05 Å². The molecule has 2 rings (SSSR count). The van der Waals surface area contributed by atoms with Crippen molar-refractivity contribution in [2.45, 2.75) is 31.7 Å². The van der Waals surface area contributed by atoms with E-state index < -0.39 is 0 Å². The average Bonchev–Trinajstić information content (AvgIpc) is 2.82. The third-order valence-electron chi connectivity index (χ3n) is 4.07. The zero-order valence-corrected chi connectivity index (χ0v) is 13.3. The first-order chi connectivity index (χ1) is 10.1. The Bertz CT molecular complexity index is 475. The van der Waals surface area contributed by atoms with E-state index in [0.717, 1.165) is 25.9 Å². The molecule has 1 amide bonds. The molecule has 1 aromatic rings. The highest BCUT2D eigenvalue weighted by Crippen LogP contribution is 2.16. The highest BCUT2D eigenvalue weighted by atomic mass is 35.5. The van der Waals surface area contributed by atoms with Crippen LogP contribution < -0.4 is 5.32 Å². The first kappa shape index (κ1) is 16.3. The van der Waals surface area contributed by atoms with Gasteiger partial charge in [-0.05, 0) is 31.9 Å². The maximum absolute atomic E-state index is 12.0. The maximum Gasteiger partial charge on any atom is 0.267 e. The van der Waals surface area contributed by atoms with Gasteiger partial charge in [-0.25, -0.2) is 0 Å². The number of hydrogen-bond acceptors (Lipinski definition) is 3. The highest BCUT2D eigenvalue weighted by Gasteiger charge is 2.20. The first-order valence-corrected chi connectivity index (χ1v) is 7.94. The molecule has 118 valence electrons. The minimum Gasteiger partial charge on any atom is -0.395 e. The maximum atomic E-state index is 12.0. The normalized spacial score (nSPS) is 19.7. The van der Waals surface area contributed by atoms with Crippen LogP contribution in [0.15, 0.2) is 12.3 Å². The molecule has 2 heterocycles. The number of piperidine rings is 1. The molecule has 21 heavy (non-hydrogen) atoms. The van der Waals surface area contributed by atoms with E-state index in [1.165, 1.54) is 12.8 Å². The Morgan fingerprint density at radius 3 is 3.00 bits per heavy atom. The number of aryl methyl sites for hydroxylation is 1. The van der Waals surface area contributed by atoms with Crippen molar-refractivity contribution in [3.8, 4) is 0 Å². The molecule has 0 aliphatic carbocycles. The Kier molecular flexibility index (Phi) is 6.08. The minimum absolute atomic E-state index is 0.0956. The number of carbonyl (C=O) groups excluding carboxylic acids is 1. The molecule has 1 atom stereocenters. The summed E-state index contributed by atoms with van der Waals surface area (Å²) in [6, 6.07) is 1.96. The molecule has 1 unspecified atom stereocenters. The molecular formula is C15H24ClN3O2. The quantitative estimate of drug-likeness (QED) is 0.785. The molecule has 1 fully saturated rings. The van der Waals surface area contributed by atoms with Crippen LogP contribution in [0.4, 0.5) is 0 Å². The van der Waals surface area contributed by atoms with Gasteiger partial charge in [-0.15, -0.1) is 0 Å². The molecule has 0 saturated carbocycles. The summed E-state index contributed by atoms with van der Waals surface area (Å²) in [5.74, 6) is -0.0956. The number of nitrogens with one attached hydrogen (secondary N) is 1. The van der Waals surface area contributed by atoms with Crippen molar-refractivity contribution in [3.63, 3.8) is 0 Å². The molecule has 2 N–H and O–H groups in total. The monoisotopic (exact) mass is 313 g/mol. The lowest BCUT2D eigenvalue weighted by Gasteiger charge is -2.34. The summed E-state index contributed by atoms with van der Waals surface area (Å²) in [5, 5.41) is 12.9. The van der Waals surface area contributed by atoms with E-state index in [2.05, 4.69) is 10.2 Å². The molecule has 1 aromatic heterocycles. The van der Waals surface area contributed by atoms with Crippen LogP contribution in [0.3, 0.4) is 0 Å². The number of nitrogens with zero attached hydrogens (tertiary/aromatic N) is 2. The molecule has 6 heteroatoms. The number of aliphatic hydroxyl groups is 1. The SMILES string of the molecule is Cn1cc(Cl)cc1C(=O)NCCCN1CCCCC1CO. The second-order valence-electron chi connectivity index (χ2n) is 5.63. The first-order valence-electron chi connectivity index (χ1n) is 7.57. The van der Waals surface area contributed by atoms with Crippen molar-refractivity contribution in [1.82, 2.24) is 14.8 Å². The molecule has 0 aromatic carbocycles. The van der Waals surface area contributed by atoms with Gasteiger partial charge < -0.3 is 15.0 Å². The van der Waals surface area contributed by atoms with E-state index in [0.29, 0.717) is 23.3 Å². The molecule has 0 radical (unpaired) electrons. The number of hydrogen-bond donors (Lipinski definition) is 2. The van der Waals surface area contributed by atoms with Crippen LogP contribution in [0, 0.1) is 0 Å². The topological polar surface area (TPSA) is 57.5 Å². The zero-order valence-electron chi connectivity index (χ0n) is 12.5. The van der Waals surface area contributed by atoms with Crippen LogP contribution in [0.5, 0.6) is 0 Å². The summed E-state index contributed by atoms with van der Waals surface area (Å²) in [6.07, 6.45) is 6.08. The van der Waals surface area contributed by atoms with Gasteiger partial charge in [0.2, 0.25) is 0 Å². The second-order valence-corrected chi connectivity index (χ2v) is 6.07. The molecule has 0 bridgehead atoms.